The van der Waals surface area contributed by atoms with Crippen LogP contribution in [0.2, 0.25) is 5.02 Å². The van der Waals surface area contributed by atoms with Crippen molar-refractivity contribution in [1.29, 1.82) is 0 Å². The summed E-state index contributed by atoms with van der Waals surface area (Å²) in [7, 11) is 1.44. The molecule has 2 N–H and O–H groups in total. The Kier molecular flexibility index (Phi) is 5.14. The van der Waals surface area contributed by atoms with Gasteiger partial charge in [0.25, 0.3) is 0 Å². The number of ether oxygens (including phenoxy) is 1. The monoisotopic (exact) mass is 386 g/mol. The van der Waals surface area contributed by atoms with E-state index < -0.39 is 17.0 Å². The third-order valence-corrected chi connectivity index (χ3v) is 4.21. The summed E-state index contributed by atoms with van der Waals surface area (Å²) in [5, 5.41) is 12.7. The van der Waals surface area contributed by atoms with Gasteiger partial charge in [-0.1, -0.05) is 11.6 Å². The van der Waals surface area contributed by atoms with Gasteiger partial charge in [-0.25, -0.2) is 4.79 Å². The number of carboxylic acid groups (broad SMARTS) is 1. The Morgan fingerprint density at radius 1 is 1.19 bits per heavy atom. The van der Waals surface area contributed by atoms with Crippen LogP contribution in [0.4, 0.5) is 5.69 Å². The van der Waals surface area contributed by atoms with Crippen LogP contribution >= 0.6 is 11.6 Å². The molecular weight excluding hydrogens is 372 g/mol. The van der Waals surface area contributed by atoms with Gasteiger partial charge in [0.1, 0.15) is 17.9 Å². The van der Waals surface area contributed by atoms with Crippen molar-refractivity contribution in [2.24, 2.45) is 0 Å². The molecule has 0 atom stereocenters. The zero-order valence-corrected chi connectivity index (χ0v) is 15.0. The number of halogens is 1. The number of rotatable bonds is 5. The molecule has 1 amide bonds. The van der Waals surface area contributed by atoms with Crippen molar-refractivity contribution >= 4 is 40.1 Å². The average molecular weight is 387 g/mol. The van der Waals surface area contributed by atoms with E-state index in [0.29, 0.717) is 22.0 Å². The standard InChI is InChI=1S/C19H15ClN2O5/c1-27-13-6-7-16-14(8-13)18(24)15(19(25)26)9-22(16)10-17(23)21-12-4-2-11(20)3-5-12/h2-9H,10H2,1H3,(H,21,23)(H,25,26). The van der Waals surface area contributed by atoms with Crippen molar-refractivity contribution in [3.63, 3.8) is 0 Å². The molecule has 27 heavy (non-hydrogen) atoms. The first-order valence-electron chi connectivity index (χ1n) is 7.89. The maximum absolute atomic E-state index is 12.4. The molecular formula is C19H15ClN2O5. The highest BCUT2D eigenvalue weighted by atomic mass is 35.5. The van der Waals surface area contributed by atoms with Crippen LogP contribution in [0.1, 0.15) is 10.4 Å². The highest BCUT2D eigenvalue weighted by molar-refractivity contribution is 6.30. The fourth-order valence-electron chi connectivity index (χ4n) is 2.68. The van der Waals surface area contributed by atoms with Crippen LogP contribution in [0.15, 0.2) is 53.5 Å². The molecule has 0 saturated carbocycles. The summed E-state index contributed by atoms with van der Waals surface area (Å²) in [6.45, 7) is -0.175. The lowest BCUT2D eigenvalue weighted by Gasteiger charge is -2.13. The average Bonchev–Trinajstić information content (AvgIpc) is 2.65. The molecule has 0 spiro atoms. The van der Waals surface area contributed by atoms with E-state index in [9.17, 15) is 19.5 Å². The number of anilines is 1. The summed E-state index contributed by atoms with van der Waals surface area (Å²) in [5.41, 5.74) is -0.0762. The molecule has 2 aromatic carbocycles. The molecule has 3 aromatic rings. The maximum Gasteiger partial charge on any atom is 0.341 e. The highest BCUT2D eigenvalue weighted by Gasteiger charge is 2.16. The number of fused-ring (bicyclic) bond motifs is 1. The second kappa shape index (κ2) is 7.51. The van der Waals surface area contributed by atoms with Crippen LogP contribution in [-0.4, -0.2) is 28.7 Å². The van der Waals surface area contributed by atoms with Gasteiger partial charge < -0.3 is 19.7 Å². The molecule has 3 rings (SSSR count). The maximum atomic E-state index is 12.4. The van der Waals surface area contributed by atoms with Crippen LogP contribution in [0.5, 0.6) is 5.75 Å². The van der Waals surface area contributed by atoms with Crippen LogP contribution in [0, 0.1) is 0 Å². The van der Waals surface area contributed by atoms with Gasteiger partial charge in [-0.3, -0.25) is 9.59 Å². The Labute approximate surface area is 158 Å². The second-order valence-electron chi connectivity index (χ2n) is 5.74. The zero-order valence-electron chi connectivity index (χ0n) is 14.2. The van der Waals surface area contributed by atoms with Crippen molar-refractivity contribution in [3.8, 4) is 5.75 Å². The third kappa shape index (κ3) is 3.93. The molecule has 0 aliphatic heterocycles. The van der Waals surface area contributed by atoms with E-state index >= 15 is 0 Å². The third-order valence-electron chi connectivity index (χ3n) is 3.96. The van der Waals surface area contributed by atoms with E-state index in [-0.39, 0.29) is 17.8 Å². The van der Waals surface area contributed by atoms with Crippen LogP contribution in [0.3, 0.4) is 0 Å². The Balaban J connectivity index is 2.00. The topological polar surface area (TPSA) is 97.6 Å². The van der Waals surface area contributed by atoms with Crippen molar-refractivity contribution in [2.45, 2.75) is 6.54 Å². The van der Waals surface area contributed by atoms with E-state index in [1.54, 1.807) is 36.4 Å². The summed E-state index contributed by atoms with van der Waals surface area (Å²) in [6, 6.07) is 11.3. The summed E-state index contributed by atoms with van der Waals surface area (Å²) in [6.07, 6.45) is 1.17. The first kappa shape index (κ1) is 18.5. The number of aromatic carboxylic acids is 1. The molecule has 1 aromatic heterocycles. The molecule has 8 heteroatoms. The van der Waals surface area contributed by atoms with E-state index in [4.69, 9.17) is 16.3 Å². The van der Waals surface area contributed by atoms with Crippen molar-refractivity contribution in [1.82, 2.24) is 4.57 Å². The van der Waals surface area contributed by atoms with E-state index in [2.05, 4.69) is 5.32 Å². The summed E-state index contributed by atoms with van der Waals surface area (Å²) < 4.78 is 6.52. The Hall–Kier alpha value is -3.32. The number of benzene rings is 2. The van der Waals surface area contributed by atoms with Gasteiger partial charge in [-0.05, 0) is 42.5 Å². The van der Waals surface area contributed by atoms with Crippen LogP contribution < -0.4 is 15.5 Å². The van der Waals surface area contributed by atoms with E-state index in [1.165, 1.54) is 23.9 Å². The van der Waals surface area contributed by atoms with Gasteiger partial charge in [-0.15, -0.1) is 0 Å². The fraction of sp³-hybridized carbons (Fsp3) is 0.105. The number of nitrogens with one attached hydrogen (secondary N) is 1. The molecule has 0 saturated heterocycles. The molecule has 0 radical (unpaired) electrons. The minimum absolute atomic E-state index is 0.161. The van der Waals surface area contributed by atoms with E-state index in [0.717, 1.165) is 0 Å². The SMILES string of the molecule is COc1ccc2c(c1)c(=O)c(C(=O)O)cn2CC(=O)Nc1ccc(Cl)cc1. The largest absolute Gasteiger partial charge is 0.497 e. The minimum Gasteiger partial charge on any atom is -0.497 e. The van der Waals surface area contributed by atoms with E-state index in [1.807, 2.05) is 0 Å². The summed E-state index contributed by atoms with van der Waals surface area (Å²) in [5.74, 6) is -1.33. The lowest BCUT2D eigenvalue weighted by Crippen LogP contribution is -2.23. The minimum atomic E-state index is -1.36. The molecule has 0 fully saturated rings. The summed E-state index contributed by atoms with van der Waals surface area (Å²) in [4.78, 5) is 36.2. The van der Waals surface area contributed by atoms with Gasteiger partial charge in [-0.2, -0.15) is 0 Å². The Morgan fingerprint density at radius 2 is 1.89 bits per heavy atom. The predicted molar refractivity (Wildman–Crippen MR) is 102 cm³/mol. The van der Waals surface area contributed by atoms with Gasteiger partial charge in [0, 0.05) is 16.9 Å². The second-order valence-corrected chi connectivity index (χ2v) is 6.18. The normalized spacial score (nSPS) is 10.6. The smallest absolute Gasteiger partial charge is 0.341 e. The zero-order chi connectivity index (χ0) is 19.6. The number of carbonyl (C=O) groups excluding carboxylic acids is 1. The number of carbonyl (C=O) groups is 2. The quantitative estimate of drug-likeness (QED) is 0.702. The fourth-order valence-corrected chi connectivity index (χ4v) is 2.80. The summed E-state index contributed by atoms with van der Waals surface area (Å²) >= 11 is 5.82. The number of hydrogen-bond donors (Lipinski definition) is 2. The van der Waals surface area contributed by atoms with Gasteiger partial charge in [0.15, 0.2) is 0 Å². The molecule has 7 nitrogen and oxygen atoms in total. The Bertz CT molecular complexity index is 1090. The molecule has 0 aliphatic carbocycles. The molecule has 0 unspecified atom stereocenters. The number of pyridine rings is 1. The molecule has 0 aliphatic rings. The number of aromatic nitrogens is 1. The number of hydrogen-bond acceptors (Lipinski definition) is 4. The highest BCUT2D eigenvalue weighted by Crippen LogP contribution is 2.20. The molecule has 0 bridgehead atoms. The number of methoxy groups -OCH3 is 1. The first-order valence-corrected chi connectivity index (χ1v) is 8.26. The molecule has 138 valence electrons. The number of nitrogens with zero attached hydrogens (tertiary/aromatic N) is 1. The van der Waals surface area contributed by atoms with Gasteiger partial charge >= 0.3 is 5.97 Å². The van der Waals surface area contributed by atoms with Crippen molar-refractivity contribution < 1.29 is 19.4 Å². The van der Waals surface area contributed by atoms with Gasteiger partial charge in [0.05, 0.1) is 18.0 Å². The van der Waals surface area contributed by atoms with Crippen LogP contribution in [0.25, 0.3) is 10.9 Å². The number of carboxylic acids is 1. The molecule has 1 heterocycles. The number of amides is 1. The van der Waals surface area contributed by atoms with Gasteiger partial charge in [0.2, 0.25) is 11.3 Å². The van der Waals surface area contributed by atoms with Crippen molar-refractivity contribution in [2.75, 3.05) is 12.4 Å². The lowest BCUT2D eigenvalue weighted by atomic mass is 10.1. The van der Waals surface area contributed by atoms with Crippen LogP contribution in [-0.2, 0) is 11.3 Å². The lowest BCUT2D eigenvalue weighted by molar-refractivity contribution is -0.116. The predicted octanol–water partition coefficient (Wildman–Crippen LogP) is 3.00. The Morgan fingerprint density at radius 3 is 2.52 bits per heavy atom. The van der Waals surface area contributed by atoms with Crippen molar-refractivity contribution in [3.05, 3.63) is 69.5 Å². The first-order chi connectivity index (χ1) is 12.9.